The number of fused-ring (bicyclic) bond motifs is 3. The lowest BCUT2D eigenvalue weighted by atomic mass is 9.98. The van der Waals surface area contributed by atoms with Crippen LogP contribution < -0.4 is 21.3 Å². The number of carbonyl (C=O) groups is 3. The van der Waals surface area contributed by atoms with Gasteiger partial charge in [0.15, 0.2) is 0 Å². The van der Waals surface area contributed by atoms with Gasteiger partial charge in [-0.2, -0.15) is 0 Å². The fourth-order valence-electron chi connectivity index (χ4n) is 3.71. The second-order valence-corrected chi connectivity index (χ2v) is 8.86. The van der Waals surface area contributed by atoms with Gasteiger partial charge in [-0.3, -0.25) is 0 Å². The summed E-state index contributed by atoms with van der Waals surface area (Å²) < 4.78 is 10.6. The van der Waals surface area contributed by atoms with Crippen LogP contribution in [-0.4, -0.2) is 56.6 Å². The molecule has 0 heterocycles. The Morgan fingerprint density at radius 2 is 1.21 bits per heavy atom. The zero-order valence-electron chi connectivity index (χ0n) is 19.8. The lowest BCUT2D eigenvalue weighted by Crippen LogP contribution is -2.43. The number of hydrogen-bond acceptors (Lipinski definition) is 5. The number of carbonyl (C=O) groups excluding carboxylic acids is 3. The lowest BCUT2D eigenvalue weighted by Gasteiger charge is -2.19. The minimum atomic E-state index is -0.574. The van der Waals surface area contributed by atoms with Crippen molar-refractivity contribution in [1.82, 2.24) is 21.3 Å². The molecule has 0 spiro atoms. The van der Waals surface area contributed by atoms with E-state index in [1.807, 2.05) is 24.3 Å². The molecular formula is C25H32N4O5. The summed E-state index contributed by atoms with van der Waals surface area (Å²) in [5, 5.41) is 10.4. The first kappa shape index (κ1) is 24.9. The predicted molar refractivity (Wildman–Crippen MR) is 129 cm³/mol. The first-order valence-corrected chi connectivity index (χ1v) is 11.3. The van der Waals surface area contributed by atoms with Crippen LogP contribution in [0.2, 0.25) is 0 Å². The Kier molecular flexibility index (Phi) is 8.34. The molecule has 1 aliphatic carbocycles. The molecule has 0 radical (unpaired) electrons. The summed E-state index contributed by atoms with van der Waals surface area (Å²) in [7, 11) is 0. The number of benzene rings is 2. The van der Waals surface area contributed by atoms with Gasteiger partial charge in [-0.25, -0.2) is 14.4 Å². The molecule has 4 N–H and O–H groups in total. The number of urea groups is 1. The number of hydrogen-bond donors (Lipinski definition) is 4. The highest BCUT2D eigenvalue weighted by Gasteiger charge is 2.28. The summed E-state index contributed by atoms with van der Waals surface area (Å²) in [6.45, 7) is 6.48. The summed E-state index contributed by atoms with van der Waals surface area (Å²) in [6, 6.07) is 15.9. The maximum Gasteiger partial charge on any atom is 0.407 e. The van der Waals surface area contributed by atoms with Gasteiger partial charge in [0.05, 0.1) is 0 Å². The summed E-state index contributed by atoms with van der Waals surface area (Å²) in [4.78, 5) is 35.4. The number of alkyl carbamates (subject to hydrolysis) is 2. The molecule has 0 aliphatic heterocycles. The topological polar surface area (TPSA) is 118 Å². The summed E-state index contributed by atoms with van der Waals surface area (Å²) in [5.41, 5.74) is 4.06. The highest BCUT2D eigenvalue weighted by atomic mass is 16.6. The van der Waals surface area contributed by atoms with E-state index in [9.17, 15) is 14.4 Å². The Hall–Kier alpha value is -3.75. The fourth-order valence-corrected chi connectivity index (χ4v) is 3.71. The van der Waals surface area contributed by atoms with Crippen molar-refractivity contribution in [2.75, 3.05) is 32.8 Å². The minimum Gasteiger partial charge on any atom is -0.449 e. The van der Waals surface area contributed by atoms with Gasteiger partial charge in [0.1, 0.15) is 12.2 Å². The molecule has 0 aromatic heterocycles. The van der Waals surface area contributed by atoms with Crippen molar-refractivity contribution >= 4 is 18.2 Å². The monoisotopic (exact) mass is 468 g/mol. The molecule has 0 unspecified atom stereocenters. The van der Waals surface area contributed by atoms with E-state index in [2.05, 4.69) is 45.5 Å². The van der Waals surface area contributed by atoms with Gasteiger partial charge in [-0.05, 0) is 43.0 Å². The molecule has 4 amide bonds. The van der Waals surface area contributed by atoms with Gasteiger partial charge in [0.2, 0.25) is 0 Å². The highest BCUT2D eigenvalue weighted by Crippen LogP contribution is 2.44. The molecule has 1 aliphatic rings. The van der Waals surface area contributed by atoms with Crippen molar-refractivity contribution in [3.63, 3.8) is 0 Å². The van der Waals surface area contributed by atoms with Crippen molar-refractivity contribution in [1.29, 1.82) is 0 Å². The average molecular weight is 469 g/mol. The Balaban J connectivity index is 1.30. The Morgan fingerprint density at radius 1 is 0.735 bits per heavy atom. The summed E-state index contributed by atoms with van der Waals surface area (Å²) in [5.74, 6) is -0.00339. The number of rotatable bonds is 8. The van der Waals surface area contributed by atoms with Gasteiger partial charge in [-0.15, -0.1) is 0 Å². The van der Waals surface area contributed by atoms with E-state index in [0.717, 1.165) is 11.1 Å². The Labute approximate surface area is 199 Å². The predicted octanol–water partition coefficient (Wildman–Crippen LogP) is 3.35. The Morgan fingerprint density at radius 3 is 1.74 bits per heavy atom. The molecule has 2 aromatic rings. The third-order valence-corrected chi connectivity index (χ3v) is 5.10. The summed E-state index contributed by atoms with van der Waals surface area (Å²) >= 11 is 0. The molecule has 182 valence electrons. The maximum atomic E-state index is 12.1. The zero-order chi connectivity index (χ0) is 24.6. The van der Waals surface area contributed by atoms with Crippen LogP contribution in [0.25, 0.3) is 11.1 Å². The van der Waals surface area contributed by atoms with Crippen LogP contribution in [0.4, 0.5) is 14.4 Å². The molecule has 0 saturated carbocycles. The molecule has 0 fully saturated rings. The lowest BCUT2D eigenvalue weighted by molar-refractivity contribution is 0.0528. The molecule has 0 bridgehead atoms. The van der Waals surface area contributed by atoms with Crippen molar-refractivity contribution in [3.05, 3.63) is 59.7 Å². The standard InChI is InChI=1S/C25H32N4O5/c1-25(2,3)34-24(32)29-15-13-27-22(30)26-12-14-28-23(31)33-16-21-19-10-6-4-8-17(19)18-9-5-7-11-20(18)21/h4-11,21H,12-16H2,1-3H3,(H,28,31)(H,29,32)(H2,26,27,30). The second kappa shape index (κ2) is 11.4. The van der Waals surface area contributed by atoms with Crippen LogP contribution in [0.15, 0.2) is 48.5 Å². The van der Waals surface area contributed by atoms with Gasteiger partial charge >= 0.3 is 18.2 Å². The van der Waals surface area contributed by atoms with Crippen molar-refractivity contribution in [3.8, 4) is 11.1 Å². The van der Waals surface area contributed by atoms with E-state index < -0.39 is 23.8 Å². The van der Waals surface area contributed by atoms with Crippen LogP contribution in [0, 0.1) is 0 Å². The van der Waals surface area contributed by atoms with Crippen molar-refractivity contribution < 1.29 is 23.9 Å². The van der Waals surface area contributed by atoms with E-state index in [1.165, 1.54) is 11.1 Å². The normalized spacial score (nSPS) is 12.2. The molecule has 3 rings (SSSR count). The zero-order valence-corrected chi connectivity index (χ0v) is 19.8. The third kappa shape index (κ3) is 7.13. The van der Waals surface area contributed by atoms with E-state index in [4.69, 9.17) is 9.47 Å². The van der Waals surface area contributed by atoms with Crippen LogP contribution in [0.1, 0.15) is 37.8 Å². The van der Waals surface area contributed by atoms with E-state index in [0.29, 0.717) is 0 Å². The van der Waals surface area contributed by atoms with Crippen LogP contribution in [0.5, 0.6) is 0 Å². The van der Waals surface area contributed by atoms with Crippen LogP contribution >= 0.6 is 0 Å². The number of ether oxygens (including phenoxy) is 2. The van der Waals surface area contributed by atoms with Crippen molar-refractivity contribution in [2.45, 2.75) is 32.3 Å². The van der Waals surface area contributed by atoms with Gasteiger partial charge < -0.3 is 30.7 Å². The molecule has 0 atom stereocenters. The third-order valence-electron chi connectivity index (χ3n) is 5.10. The average Bonchev–Trinajstić information content (AvgIpc) is 3.11. The molecule has 0 saturated heterocycles. The van der Waals surface area contributed by atoms with Crippen molar-refractivity contribution in [2.24, 2.45) is 0 Å². The largest absolute Gasteiger partial charge is 0.449 e. The van der Waals surface area contributed by atoms with E-state index >= 15 is 0 Å². The number of amides is 4. The molecule has 2 aromatic carbocycles. The molecule has 9 nitrogen and oxygen atoms in total. The molecule has 34 heavy (non-hydrogen) atoms. The first-order valence-electron chi connectivity index (χ1n) is 11.3. The quantitative estimate of drug-likeness (QED) is 0.443. The highest BCUT2D eigenvalue weighted by molar-refractivity contribution is 5.79. The van der Waals surface area contributed by atoms with Crippen LogP contribution in [-0.2, 0) is 9.47 Å². The second-order valence-electron chi connectivity index (χ2n) is 8.86. The first-order chi connectivity index (χ1) is 16.2. The Bertz CT molecular complexity index is 973. The van der Waals surface area contributed by atoms with Crippen LogP contribution in [0.3, 0.4) is 0 Å². The smallest absolute Gasteiger partial charge is 0.407 e. The number of nitrogens with one attached hydrogen (secondary N) is 4. The minimum absolute atomic E-state index is 0.00339. The maximum absolute atomic E-state index is 12.1. The SMILES string of the molecule is CC(C)(C)OC(=O)NCCNC(=O)NCCNC(=O)OCC1c2ccccc2-c2ccccc21. The molecule has 9 heteroatoms. The summed E-state index contributed by atoms with van der Waals surface area (Å²) in [6.07, 6.45) is -1.08. The van der Waals surface area contributed by atoms with E-state index in [-0.39, 0.29) is 38.7 Å². The van der Waals surface area contributed by atoms with Gasteiger partial charge in [-0.1, -0.05) is 48.5 Å². The molecular weight excluding hydrogens is 436 g/mol. The van der Waals surface area contributed by atoms with Gasteiger partial charge in [0, 0.05) is 32.1 Å². The fraction of sp³-hybridized carbons (Fsp3) is 0.400. The van der Waals surface area contributed by atoms with Gasteiger partial charge in [0.25, 0.3) is 0 Å². The van der Waals surface area contributed by atoms with E-state index in [1.54, 1.807) is 20.8 Å².